The third-order valence-electron chi connectivity index (χ3n) is 9.92. The Morgan fingerprint density at radius 2 is 1.82 bits per heavy atom. The van der Waals surface area contributed by atoms with Crippen LogP contribution in [0, 0.1) is 17.6 Å². The molecule has 1 aromatic heterocycles. The molecular formula is C37H43F3N6O3. The second-order valence-corrected chi connectivity index (χ2v) is 13.6. The first kappa shape index (κ1) is 34.4. The lowest BCUT2D eigenvalue weighted by Gasteiger charge is -2.37. The number of benzene rings is 2. The van der Waals surface area contributed by atoms with Gasteiger partial charge in [-0.1, -0.05) is 18.2 Å². The Bertz CT molecular complexity index is 1760. The fourth-order valence-corrected chi connectivity index (χ4v) is 6.76. The molecule has 3 atom stereocenters. The van der Waals surface area contributed by atoms with Gasteiger partial charge in [0.15, 0.2) is 0 Å². The molecule has 12 heteroatoms. The summed E-state index contributed by atoms with van der Waals surface area (Å²) in [6.45, 7) is 2.89. The van der Waals surface area contributed by atoms with Crippen molar-refractivity contribution in [2.45, 2.75) is 63.3 Å². The number of hydrogen-bond acceptors (Lipinski definition) is 6. The van der Waals surface area contributed by atoms with Crippen molar-refractivity contribution in [2.24, 2.45) is 5.92 Å². The SMILES string of the molecule is C[C@H](NC(=O)[C@@H]1C[C@@H](F)CN1C(=O)CNC(=O)c1ccc2cc(F)ccc2n1)c1cc(F)c(N(C)C2CCN(C)CC2)cc1/C=C/C1CC1. The van der Waals surface area contributed by atoms with Gasteiger partial charge in [-0.25, -0.2) is 18.2 Å². The lowest BCUT2D eigenvalue weighted by molar-refractivity contribution is -0.138. The smallest absolute Gasteiger partial charge is 0.270 e. The Balaban J connectivity index is 1.13. The Morgan fingerprint density at radius 1 is 1.06 bits per heavy atom. The normalized spacial score (nSPS) is 20.9. The predicted octanol–water partition coefficient (Wildman–Crippen LogP) is 5.01. The molecule has 2 N–H and O–H groups in total. The topological polar surface area (TPSA) is 97.9 Å². The Morgan fingerprint density at radius 3 is 2.55 bits per heavy atom. The van der Waals surface area contributed by atoms with Gasteiger partial charge in [0.2, 0.25) is 11.8 Å². The number of carbonyl (C=O) groups is 3. The molecule has 6 rings (SSSR count). The second-order valence-electron chi connectivity index (χ2n) is 13.6. The zero-order valence-electron chi connectivity index (χ0n) is 28.1. The largest absolute Gasteiger partial charge is 0.369 e. The maximum Gasteiger partial charge on any atom is 0.270 e. The molecule has 49 heavy (non-hydrogen) atoms. The molecular weight excluding hydrogens is 633 g/mol. The van der Waals surface area contributed by atoms with Crippen molar-refractivity contribution in [3.8, 4) is 0 Å². The summed E-state index contributed by atoms with van der Waals surface area (Å²) in [6.07, 6.45) is 6.60. The molecule has 2 aromatic carbocycles. The maximum atomic E-state index is 15.8. The molecule has 2 saturated heterocycles. The van der Waals surface area contributed by atoms with Gasteiger partial charge in [-0.2, -0.15) is 0 Å². The zero-order valence-corrected chi connectivity index (χ0v) is 28.1. The quantitative estimate of drug-likeness (QED) is 0.314. The number of amides is 3. The van der Waals surface area contributed by atoms with E-state index in [2.05, 4.69) is 33.6 Å². The van der Waals surface area contributed by atoms with Crippen LogP contribution in [0.15, 0.2) is 48.5 Å². The summed E-state index contributed by atoms with van der Waals surface area (Å²) in [5, 5.41) is 5.92. The zero-order chi connectivity index (χ0) is 34.8. The van der Waals surface area contributed by atoms with Crippen LogP contribution in [0.3, 0.4) is 0 Å². The third kappa shape index (κ3) is 8.07. The van der Waals surface area contributed by atoms with Crippen molar-refractivity contribution in [1.29, 1.82) is 0 Å². The monoisotopic (exact) mass is 676 g/mol. The van der Waals surface area contributed by atoms with Crippen LogP contribution in [0.4, 0.5) is 18.9 Å². The van der Waals surface area contributed by atoms with E-state index >= 15 is 4.39 Å². The van der Waals surface area contributed by atoms with E-state index in [0.29, 0.717) is 28.1 Å². The average molecular weight is 677 g/mol. The summed E-state index contributed by atoms with van der Waals surface area (Å²) in [5.74, 6) is -2.14. The number of nitrogens with one attached hydrogen (secondary N) is 2. The number of allylic oxidation sites excluding steroid dienone is 1. The number of pyridine rings is 1. The van der Waals surface area contributed by atoms with Gasteiger partial charge in [-0.15, -0.1) is 0 Å². The minimum Gasteiger partial charge on any atom is -0.369 e. The summed E-state index contributed by atoms with van der Waals surface area (Å²) in [4.78, 5) is 49.2. The minimum absolute atomic E-state index is 0.0298. The standard InChI is InChI=1S/C37H43F3N6O3/c1-22(29-19-30(40)33(17-24(29)7-6-23-4-5-23)45(3)28-12-14-44(2)15-13-28)42-37(49)34-18-27(39)21-46(34)35(47)20-41-36(48)32-10-8-25-16-26(38)9-11-31(25)43-32/h6-11,16-17,19,22-23,27-28,34H,4-5,12-15,18,20-21H2,1-3H3,(H,41,48)(H,42,49)/b7-6+/t22-,27+,34-/m0/s1. The third-order valence-corrected chi connectivity index (χ3v) is 9.92. The molecule has 2 aliphatic heterocycles. The lowest BCUT2D eigenvalue weighted by atomic mass is 9.97. The van der Waals surface area contributed by atoms with Crippen LogP contribution in [0.2, 0.25) is 0 Å². The number of piperidine rings is 1. The van der Waals surface area contributed by atoms with E-state index in [9.17, 15) is 23.2 Å². The summed E-state index contributed by atoms with van der Waals surface area (Å²) in [6, 6.07) is 8.76. The highest BCUT2D eigenvalue weighted by Gasteiger charge is 2.40. The Labute approximate surface area is 284 Å². The molecule has 3 aromatic rings. The number of fused-ring (bicyclic) bond motifs is 1. The van der Waals surface area contributed by atoms with Crippen LogP contribution in [0.25, 0.3) is 17.0 Å². The number of rotatable bonds is 10. The molecule has 3 heterocycles. The van der Waals surface area contributed by atoms with E-state index in [4.69, 9.17) is 0 Å². The van der Waals surface area contributed by atoms with Crippen LogP contribution in [-0.4, -0.2) is 91.0 Å². The summed E-state index contributed by atoms with van der Waals surface area (Å²) in [5.41, 5.74) is 2.34. The first-order valence-corrected chi connectivity index (χ1v) is 17.0. The van der Waals surface area contributed by atoms with Gasteiger partial charge >= 0.3 is 0 Å². The highest BCUT2D eigenvalue weighted by atomic mass is 19.1. The van der Waals surface area contributed by atoms with Crippen molar-refractivity contribution in [2.75, 3.05) is 45.2 Å². The van der Waals surface area contributed by atoms with Gasteiger partial charge in [0.1, 0.15) is 29.5 Å². The molecule has 260 valence electrons. The molecule has 3 amide bonds. The van der Waals surface area contributed by atoms with Gasteiger partial charge in [-0.05, 0) is 106 Å². The minimum atomic E-state index is -1.42. The molecule has 9 nitrogen and oxygen atoms in total. The molecule has 1 aliphatic carbocycles. The van der Waals surface area contributed by atoms with E-state index in [1.54, 1.807) is 13.0 Å². The number of nitrogens with zero attached hydrogens (tertiary/aromatic N) is 4. The van der Waals surface area contributed by atoms with Crippen LogP contribution < -0.4 is 15.5 Å². The summed E-state index contributed by atoms with van der Waals surface area (Å²) < 4.78 is 43.9. The van der Waals surface area contributed by atoms with Gasteiger partial charge < -0.3 is 25.3 Å². The van der Waals surface area contributed by atoms with Crippen molar-refractivity contribution < 1.29 is 27.6 Å². The van der Waals surface area contributed by atoms with Crippen molar-refractivity contribution >= 4 is 40.4 Å². The Hall–Kier alpha value is -4.45. The summed E-state index contributed by atoms with van der Waals surface area (Å²) >= 11 is 0. The van der Waals surface area contributed by atoms with E-state index in [1.807, 2.05) is 24.1 Å². The van der Waals surface area contributed by atoms with E-state index in [1.165, 1.54) is 30.3 Å². The van der Waals surface area contributed by atoms with E-state index in [-0.39, 0.29) is 30.5 Å². The highest BCUT2D eigenvalue weighted by Crippen LogP contribution is 2.34. The molecule has 0 spiro atoms. The Kier molecular flexibility index (Phi) is 10.2. The number of likely N-dealkylation sites (tertiary alicyclic amines) is 2. The molecule has 3 aliphatic rings. The van der Waals surface area contributed by atoms with Crippen LogP contribution >= 0.6 is 0 Å². The summed E-state index contributed by atoms with van der Waals surface area (Å²) in [7, 11) is 4.01. The number of halogens is 3. The fourth-order valence-electron chi connectivity index (χ4n) is 6.76. The number of anilines is 1. The van der Waals surface area contributed by atoms with Crippen LogP contribution in [-0.2, 0) is 9.59 Å². The number of aromatic nitrogens is 1. The molecule has 0 bridgehead atoms. The molecule has 3 fully saturated rings. The number of hydrogen-bond donors (Lipinski definition) is 2. The van der Waals surface area contributed by atoms with Crippen molar-refractivity contribution in [1.82, 2.24) is 25.4 Å². The van der Waals surface area contributed by atoms with Crippen molar-refractivity contribution in [3.63, 3.8) is 0 Å². The maximum absolute atomic E-state index is 15.8. The van der Waals surface area contributed by atoms with E-state index in [0.717, 1.165) is 49.2 Å². The van der Waals surface area contributed by atoms with Gasteiger partial charge in [0.05, 0.1) is 30.3 Å². The van der Waals surface area contributed by atoms with Gasteiger partial charge in [0.25, 0.3) is 5.91 Å². The van der Waals surface area contributed by atoms with Crippen molar-refractivity contribution in [3.05, 3.63) is 77.0 Å². The molecule has 1 saturated carbocycles. The first-order valence-electron chi connectivity index (χ1n) is 17.0. The predicted molar refractivity (Wildman–Crippen MR) is 183 cm³/mol. The van der Waals surface area contributed by atoms with Gasteiger partial charge in [0, 0.05) is 24.9 Å². The van der Waals surface area contributed by atoms with Gasteiger partial charge in [-0.3, -0.25) is 14.4 Å². The van der Waals surface area contributed by atoms with E-state index < -0.39 is 48.3 Å². The molecule has 0 radical (unpaired) electrons. The average Bonchev–Trinajstić information content (AvgIpc) is 3.84. The number of carbonyl (C=O) groups excluding carboxylic acids is 3. The second kappa shape index (κ2) is 14.6. The van der Waals surface area contributed by atoms with Crippen LogP contribution in [0.5, 0.6) is 0 Å². The molecule has 0 unspecified atom stereocenters. The highest BCUT2D eigenvalue weighted by molar-refractivity contribution is 5.97. The lowest BCUT2D eigenvalue weighted by Crippen LogP contribution is -2.49. The first-order chi connectivity index (χ1) is 23.5. The number of alkyl halides is 1. The van der Waals surface area contributed by atoms with Crippen LogP contribution in [0.1, 0.15) is 66.7 Å². The fraction of sp³-hybridized carbons (Fsp3) is 0.459.